The van der Waals surface area contributed by atoms with Gasteiger partial charge < -0.3 is 4.90 Å². The number of likely N-dealkylation sites (N-methyl/N-ethyl adjacent to an activating group) is 1. The van der Waals surface area contributed by atoms with E-state index in [2.05, 4.69) is 5.32 Å². The first-order chi connectivity index (χ1) is 5.63. The zero-order chi connectivity index (χ0) is 9.14. The average Bonchev–Trinajstić information content (AvgIpc) is 2.53. The molecule has 0 bridgehead atoms. The molecule has 1 saturated heterocycles. The van der Waals surface area contributed by atoms with Gasteiger partial charge in [-0.25, -0.2) is 0 Å². The van der Waals surface area contributed by atoms with E-state index in [0.717, 1.165) is 11.6 Å². The second-order valence-corrected chi connectivity index (χ2v) is 4.34. The molecule has 0 aliphatic carbocycles. The van der Waals surface area contributed by atoms with Crippen molar-refractivity contribution in [2.75, 3.05) is 18.7 Å². The van der Waals surface area contributed by atoms with Crippen LogP contribution in [0, 0.1) is 0 Å². The molecule has 12 heavy (non-hydrogen) atoms. The standard InChI is InChI=1S/C8H16N2OS/c1-6(2)10(3)8(11)7-4-12-5-9-7/h6-7,9H,4-5H2,1-3H3/t7-/m1/s1. The van der Waals surface area contributed by atoms with Crippen molar-refractivity contribution in [3.63, 3.8) is 0 Å². The summed E-state index contributed by atoms with van der Waals surface area (Å²) in [5, 5.41) is 3.16. The van der Waals surface area contributed by atoms with E-state index in [9.17, 15) is 4.79 Å². The van der Waals surface area contributed by atoms with E-state index in [4.69, 9.17) is 0 Å². The highest BCUT2D eigenvalue weighted by Crippen LogP contribution is 2.12. The Balaban J connectivity index is 2.45. The smallest absolute Gasteiger partial charge is 0.240 e. The molecule has 0 saturated carbocycles. The number of nitrogens with zero attached hydrogens (tertiary/aromatic N) is 1. The molecule has 70 valence electrons. The number of nitrogens with one attached hydrogen (secondary N) is 1. The molecule has 0 spiro atoms. The number of hydrogen-bond acceptors (Lipinski definition) is 3. The normalized spacial score (nSPS) is 23.2. The van der Waals surface area contributed by atoms with Crippen LogP contribution in [0.1, 0.15) is 13.8 Å². The Morgan fingerprint density at radius 3 is 2.75 bits per heavy atom. The monoisotopic (exact) mass is 188 g/mol. The number of amides is 1. The lowest BCUT2D eigenvalue weighted by Crippen LogP contribution is -2.45. The van der Waals surface area contributed by atoms with Crippen LogP contribution < -0.4 is 5.32 Å². The van der Waals surface area contributed by atoms with Crippen LogP contribution in [-0.4, -0.2) is 41.6 Å². The fraction of sp³-hybridized carbons (Fsp3) is 0.875. The summed E-state index contributed by atoms with van der Waals surface area (Å²) >= 11 is 1.78. The van der Waals surface area contributed by atoms with Gasteiger partial charge in [0.15, 0.2) is 0 Å². The predicted molar refractivity (Wildman–Crippen MR) is 52.2 cm³/mol. The molecule has 1 heterocycles. The fourth-order valence-corrected chi connectivity index (χ4v) is 1.99. The van der Waals surface area contributed by atoms with Crippen LogP contribution in [0.2, 0.25) is 0 Å². The van der Waals surface area contributed by atoms with Gasteiger partial charge in [-0.15, -0.1) is 11.8 Å². The minimum absolute atomic E-state index is 0.0439. The van der Waals surface area contributed by atoms with Crippen LogP contribution in [0.15, 0.2) is 0 Å². The summed E-state index contributed by atoms with van der Waals surface area (Å²) in [5.41, 5.74) is 0. The van der Waals surface area contributed by atoms with Gasteiger partial charge in [-0.1, -0.05) is 0 Å². The average molecular weight is 188 g/mol. The van der Waals surface area contributed by atoms with Crippen molar-refractivity contribution in [2.45, 2.75) is 25.9 Å². The van der Waals surface area contributed by atoms with Crippen molar-refractivity contribution < 1.29 is 4.79 Å². The Labute approximate surface area is 77.9 Å². The van der Waals surface area contributed by atoms with Crippen LogP contribution in [-0.2, 0) is 4.79 Å². The molecule has 1 aliphatic rings. The van der Waals surface area contributed by atoms with E-state index >= 15 is 0 Å². The Morgan fingerprint density at radius 1 is 1.67 bits per heavy atom. The predicted octanol–water partition coefficient (Wildman–Crippen LogP) is 0.516. The van der Waals surface area contributed by atoms with Crippen molar-refractivity contribution >= 4 is 17.7 Å². The van der Waals surface area contributed by atoms with Gasteiger partial charge in [0.2, 0.25) is 5.91 Å². The number of hydrogen-bond donors (Lipinski definition) is 1. The summed E-state index contributed by atoms with van der Waals surface area (Å²) in [5.74, 6) is 2.04. The Bertz CT molecular complexity index is 162. The first kappa shape index (κ1) is 9.86. The topological polar surface area (TPSA) is 32.3 Å². The summed E-state index contributed by atoms with van der Waals surface area (Å²) in [6.07, 6.45) is 0. The van der Waals surface area contributed by atoms with E-state index in [1.54, 1.807) is 16.7 Å². The third kappa shape index (κ3) is 2.14. The molecule has 4 heteroatoms. The van der Waals surface area contributed by atoms with Gasteiger partial charge in [0.25, 0.3) is 0 Å². The molecule has 0 unspecified atom stereocenters. The second-order valence-electron chi connectivity index (χ2n) is 3.31. The van der Waals surface area contributed by atoms with E-state index in [-0.39, 0.29) is 11.9 Å². The van der Waals surface area contributed by atoms with E-state index < -0.39 is 0 Å². The zero-order valence-corrected chi connectivity index (χ0v) is 8.65. The minimum atomic E-state index is 0.0439. The fourth-order valence-electron chi connectivity index (χ4n) is 1.05. The first-order valence-corrected chi connectivity index (χ1v) is 5.36. The Hall–Kier alpha value is -0.220. The van der Waals surface area contributed by atoms with Gasteiger partial charge in [0.1, 0.15) is 0 Å². The first-order valence-electron chi connectivity index (χ1n) is 4.20. The lowest BCUT2D eigenvalue weighted by atomic mass is 10.2. The van der Waals surface area contributed by atoms with E-state index in [0.29, 0.717) is 6.04 Å². The summed E-state index contributed by atoms with van der Waals surface area (Å²) in [6, 6.07) is 0.340. The molecule has 1 fully saturated rings. The lowest BCUT2D eigenvalue weighted by molar-refractivity contribution is -0.132. The summed E-state index contributed by atoms with van der Waals surface area (Å²) in [6.45, 7) is 4.06. The van der Waals surface area contributed by atoms with Crippen molar-refractivity contribution in [2.24, 2.45) is 0 Å². The third-order valence-corrected chi connectivity index (χ3v) is 3.08. The summed E-state index contributed by atoms with van der Waals surface area (Å²) in [7, 11) is 1.86. The molecule has 0 aromatic rings. The van der Waals surface area contributed by atoms with Gasteiger partial charge >= 0.3 is 0 Å². The molecule has 0 radical (unpaired) electrons. The maximum atomic E-state index is 11.6. The van der Waals surface area contributed by atoms with E-state index in [1.165, 1.54) is 0 Å². The zero-order valence-electron chi connectivity index (χ0n) is 7.83. The highest BCUT2D eigenvalue weighted by Gasteiger charge is 2.26. The number of carbonyl (C=O) groups excluding carboxylic acids is 1. The molecule has 1 atom stereocenters. The van der Waals surface area contributed by atoms with Crippen LogP contribution in [0.5, 0.6) is 0 Å². The van der Waals surface area contributed by atoms with Gasteiger partial charge in [-0.3, -0.25) is 10.1 Å². The molecule has 1 rings (SSSR count). The van der Waals surface area contributed by atoms with Crippen molar-refractivity contribution in [3.05, 3.63) is 0 Å². The van der Waals surface area contributed by atoms with Crippen LogP contribution in [0.4, 0.5) is 0 Å². The molecule has 0 aromatic carbocycles. The van der Waals surface area contributed by atoms with Crippen molar-refractivity contribution in [1.82, 2.24) is 10.2 Å². The number of rotatable bonds is 2. The number of carbonyl (C=O) groups is 1. The maximum absolute atomic E-state index is 11.6. The molecule has 1 amide bonds. The number of thioether (sulfide) groups is 1. The summed E-state index contributed by atoms with van der Waals surface area (Å²) in [4.78, 5) is 13.4. The molecule has 1 aliphatic heterocycles. The molecular formula is C8H16N2OS. The SMILES string of the molecule is CC(C)N(C)C(=O)[C@H]1CSCN1. The highest BCUT2D eigenvalue weighted by atomic mass is 32.2. The van der Waals surface area contributed by atoms with Crippen LogP contribution in [0.25, 0.3) is 0 Å². The quantitative estimate of drug-likeness (QED) is 0.685. The maximum Gasteiger partial charge on any atom is 0.240 e. The molecule has 1 N–H and O–H groups in total. The van der Waals surface area contributed by atoms with E-state index in [1.807, 2.05) is 20.9 Å². The van der Waals surface area contributed by atoms with Gasteiger partial charge in [-0.05, 0) is 13.8 Å². The lowest BCUT2D eigenvalue weighted by Gasteiger charge is -2.24. The van der Waals surface area contributed by atoms with Crippen molar-refractivity contribution in [3.8, 4) is 0 Å². The molecular weight excluding hydrogens is 172 g/mol. The van der Waals surface area contributed by atoms with Crippen LogP contribution >= 0.6 is 11.8 Å². The molecule has 0 aromatic heterocycles. The van der Waals surface area contributed by atoms with Gasteiger partial charge in [0.05, 0.1) is 6.04 Å². The highest BCUT2D eigenvalue weighted by molar-refractivity contribution is 7.99. The third-order valence-electron chi connectivity index (χ3n) is 2.14. The van der Waals surface area contributed by atoms with Crippen LogP contribution in [0.3, 0.4) is 0 Å². The van der Waals surface area contributed by atoms with Crippen molar-refractivity contribution in [1.29, 1.82) is 0 Å². The second kappa shape index (κ2) is 4.14. The largest absolute Gasteiger partial charge is 0.342 e. The summed E-state index contributed by atoms with van der Waals surface area (Å²) < 4.78 is 0. The molecule has 3 nitrogen and oxygen atoms in total. The van der Waals surface area contributed by atoms with Gasteiger partial charge in [-0.2, -0.15) is 0 Å². The van der Waals surface area contributed by atoms with Gasteiger partial charge in [0, 0.05) is 24.7 Å². The minimum Gasteiger partial charge on any atom is -0.342 e. The Morgan fingerprint density at radius 2 is 2.33 bits per heavy atom. The Kier molecular flexibility index (Phi) is 3.40.